The average molecular weight is 208 g/mol. The van der Waals surface area contributed by atoms with Crippen LogP contribution in [0.15, 0.2) is 18.5 Å². The minimum Gasteiger partial charge on any atom is -0.395 e. The normalized spacial score (nSPS) is 10.1. The number of pyridine rings is 1. The number of aliphatic hydroxyl groups is 1. The second-order valence-electron chi connectivity index (χ2n) is 3.36. The van der Waals surface area contributed by atoms with Gasteiger partial charge >= 0.3 is 0 Å². The fraction of sp³-hybridized carbons (Fsp3) is 0.455. The van der Waals surface area contributed by atoms with Gasteiger partial charge in [0, 0.05) is 25.5 Å². The molecule has 1 aromatic heterocycles. The Bertz CT molecular complexity index is 339. The number of hydrogen-bond donors (Lipinski definition) is 1. The second-order valence-corrected chi connectivity index (χ2v) is 3.36. The molecule has 1 N–H and O–H groups in total. The van der Waals surface area contributed by atoms with Crippen LogP contribution in [-0.4, -0.2) is 40.6 Å². The first-order valence-corrected chi connectivity index (χ1v) is 5.00. The summed E-state index contributed by atoms with van der Waals surface area (Å²) in [6, 6.07) is 1.80. The molecule has 4 heteroatoms. The molecule has 4 nitrogen and oxygen atoms in total. The molecule has 0 unspecified atom stereocenters. The standard InChI is InChI=1S/C11H16N2O2/c1-3-13(4-5-14)11(15)10-6-9(2)7-12-8-10/h6-8,14H,3-5H2,1-2H3. The zero-order chi connectivity index (χ0) is 11.3. The van der Waals surface area contributed by atoms with Crippen molar-refractivity contribution in [3.05, 3.63) is 29.6 Å². The van der Waals surface area contributed by atoms with Crippen LogP contribution in [0, 0.1) is 6.92 Å². The van der Waals surface area contributed by atoms with E-state index in [4.69, 9.17) is 5.11 Å². The molecule has 0 aromatic carbocycles. The topological polar surface area (TPSA) is 53.4 Å². The first-order valence-electron chi connectivity index (χ1n) is 5.00. The van der Waals surface area contributed by atoms with E-state index in [0.717, 1.165) is 5.56 Å². The number of hydrogen-bond acceptors (Lipinski definition) is 3. The summed E-state index contributed by atoms with van der Waals surface area (Å²) in [4.78, 5) is 17.5. The van der Waals surface area contributed by atoms with Crippen LogP contribution in [-0.2, 0) is 0 Å². The van der Waals surface area contributed by atoms with Gasteiger partial charge in [-0.25, -0.2) is 0 Å². The minimum absolute atomic E-state index is 0.0151. The molecule has 0 spiro atoms. The van der Waals surface area contributed by atoms with Crippen molar-refractivity contribution in [3.8, 4) is 0 Å². The van der Waals surface area contributed by atoms with E-state index in [1.54, 1.807) is 23.4 Å². The summed E-state index contributed by atoms with van der Waals surface area (Å²) >= 11 is 0. The average Bonchev–Trinajstić information content (AvgIpc) is 2.25. The van der Waals surface area contributed by atoms with Gasteiger partial charge in [0.05, 0.1) is 12.2 Å². The van der Waals surface area contributed by atoms with Gasteiger partial charge in [0.1, 0.15) is 0 Å². The van der Waals surface area contributed by atoms with Crippen molar-refractivity contribution in [2.24, 2.45) is 0 Å². The third kappa shape index (κ3) is 3.02. The monoisotopic (exact) mass is 208 g/mol. The molecule has 15 heavy (non-hydrogen) atoms. The smallest absolute Gasteiger partial charge is 0.255 e. The van der Waals surface area contributed by atoms with Gasteiger partial charge in [-0.2, -0.15) is 0 Å². The summed E-state index contributed by atoms with van der Waals surface area (Å²) in [6.45, 7) is 4.72. The van der Waals surface area contributed by atoms with Crippen LogP contribution in [0.1, 0.15) is 22.8 Å². The fourth-order valence-corrected chi connectivity index (χ4v) is 1.38. The Morgan fingerprint density at radius 3 is 2.80 bits per heavy atom. The number of aryl methyl sites for hydroxylation is 1. The van der Waals surface area contributed by atoms with E-state index in [-0.39, 0.29) is 12.5 Å². The zero-order valence-corrected chi connectivity index (χ0v) is 9.10. The van der Waals surface area contributed by atoms with Crippen LogP contribution >= 0.6 is 0 Å². The predicted octanol–water partition coefficient (Wildman–Crippen LogP) is 0.844. The molecule has 1 aromatic rings. The molecule has 0 saturated carbocycles. The van der Waals surface area contributed by atoms with Crippen LogP contribution in [0.4, 0.5) is 0 Å². The highest BCUT2D eigenvalue weighted by Gasteiger charge is 2.13. The number of nitrogens with zero attached hydrogens (tertiary/aromatic N) is 2. The summed E-state index contributed by atoms with van der Waals surface area (Å²) in [5, 5.41) is 8.81. The predicted molar refractivity (Wildman–Crippen MR) is 57.6 cm³/mol. The Morgan fingerprint density at radius 1 is 1.53 bits per heavy atom. The van der Waals surface area contributed by atoms with E-state index >= 15 is 0 Å². The van der Waals surface area contributed by atoms with E-state index < -0.39 is 0 Å². The molecule has 1 heterocycles. The third-order valence-corrected chi connectivity index (χ3v) is 2.16. The maximum Gasteiger partial charge on any atom is 0.255 e. The van der Waals surface area contributed by atoms with E-state index in [0.29, 0.717) is 18.7 Å². The van der Waals surface area contributed by atoms with Crippen molar-refractivity contribution in [2.45, 2.75) is 13.8 Å². The highest BCUT2D eigenvalue weighted by Crippen LogP contribution is 2.05. The van der Waals surface area contributed by atoms with Gasteiger partial charge in [0.2, 0.25) is 0 Å². The van der Waals surface area contributed by atoms with Crippen molar-refractivity contribution in [2.75, 3.05) is 19.7 Å². The first kappa shape index (κ1) is 11.7. The van der Waals surface area contributed by atoms with Gasteiger partial charge in [-0.05, 0) is 25.5 Å². The summed E-state index contributed by atoms with van der Waals surface area (Å²) in [6.07, 6.45) is 3.26. The maximum atomic E-state index is 11.9. The quantitative estimate of drug-likeness (QED) is 0.798. The summed E-state index contributed by atoms with van der Waals surface area (Å²) in [5.41, 5.74) is 1.53. The Labute approximate surface area is 89.6 Å². The number of rotatable bonds is 4. The molecule has 82 valence electrons. The van der Waals surface area contributed by atoms with Crippen LogP contribution in [0.2, 0.25) is 0 Å². The van der Waals surface area contributed by atoms with Gasteiger partial charge < -0.3 is 10.0 Å². The molecule has 0 radical (unpaired) electrons. The lowest BCUT2D eigenvalue weighted by atomic mass is 10.2. The zero-order valence-electron chi connectivity index (χ0n) is 9.10. The van der Waals surface area contributed by atoms with Crippen LogP contribution in [0.5, 0.6) is 0 Å². The van der Waals surface area contributed by atoms with Gasteiger partial charge in [0.25, 0.3) is 5.91 Å². The van der Waals surface area contributed by atoms with E-state index in [9.17, 15) is 4.79 Å². The van der Waals surface area contributed by atoms with Gasteiger partial charge in [0.15, 0.2) is 0 Å². The lowest BCUT2D eigenvalue weighted by Gasteiger charge is -2.19. The minimum atomic E-state index is -0.0808. The summed E-state index contributed by atoms with van der Waals surface area (Å²) < 4.78 is 0. The van der Waals surface area contributed by atoms with E-state index in [2.05, 4.69) is 4.98 Å². The van der Waals surface area contributed by atoms with E-state index in [1.807, 2.05) is 13.8 Å². The lowest BCUT2D eigenvalue weighted by molar-refractivity contribution is 0.0731. The van der Waals surface area contributed by atoms with Crippen molar-refractivity contribution in [1.29, 1.82) is 0 Å². The maximum absolute atomic E-state index is 11.9. The summed E-state index contributed by atoms with van der Waals surface area (Å²) in [5.74, 6) is -0.0808. The van der Waals surface area contributed by atoms with Gasteiger partial charge in [-0.15, -0.1) is 0 Å². The Kier molecular flexibility index (Phi) is 4.24. The molecule has 0 aliphatic carbocycles. The molecule has 0 saturated heterocycles. The molecule has 1 rings (SSSR count). The number of aromatic nitrogens is 1. The molecule has 0 aliphatic rings. The van der Waals surface area contributed by atoms with Crippen LogP contribution in [0.3, 0.4) is 0 Å². The first-order chi connectivity index (χ1) is 7.19. The van der Waals surface area contributed by atoms with Crippen molar-refractivity contribution >= 4 is 5.91 Å². The van der Waals surface area contributed by atoms with Crippen LogP contribution < -0.4 is 0 Å². The van der Waals surface area contributed by atoms with E-state index in [1.165, 1.54) is 0 Å². The van der Waals surface area contributed by atoms with Crippen molar-refractivity contribution in [3.63, 3.8) is 0 Å². The number of likely N-dealkylation sites (N-methyl/N-ethyl adjacent to an activating group) is 1. The Balaban J connectivity index is 2.82. The molecular weight excluding hydrogens is 192 g/mol. The molecule has 0 fully saturated rings. The third-order valence-electron chi connectivity index (χ3n) is 2.16. The van der Waals surface area contributed by atoms with Crippen LogP contribution in [0.25, 0.3) is 0 Å². The highest BCUT2D eigenvalue weighted by atomic mass is 16.3. The molecule has 0 atom stereocenters. The fourth-order valence-electron chi connectivity index (χ4n) is 1.38. The number of carbonyl (C=O) groups is 1. The summed E-state index contributed by atoms with van der Waals surface area (Å²) in [7, 11) is 0. The van der Waals surface area contributed by atoms with Crippen molar-refractivity contribution < 1.29 is 9.90 Å². The molecular formula is C11H16N2O2. The Hall–Kier alpha value is -1.42. The molecule has 1 amide bonds. The van der Waals surface area contributed by atoms with Crippen molar-refractivity contribution in [1.82, 2.24) is 9.88 Å². The van der Waals surface area contributed by atoms with Gasteiger partial charge in [-0.3, -0.25) is 9.78 Å². The molecule has 0 bridgehead atoms. The second kappa shape index (κ2) is 5.46. The Morgan fingerprint density at radius 2 is 2.27 bits per heavy atom. The van der Waals surface area contributed by atoms with Gasteiger partial charge in [-0.1, -0.05) is 0 Å². The number of aliphatic hydroxyl groups excluding tert-OH is 1. The number of amides is 1. The molecule has 0 aliphatic heterocycles. The number of carbonyl (C=O) groups excluding carboxylic acids is 1. The largest absolute Gasteiger partial charge is 0.395 e. The lowest BCUT2D eigenvalue weighted by Crippen LogP contribution is -2.33. The highest BCUT2D eigenvalue weighted by molar-refractivity contribution is 5.94. The SMILES string of the molecule is CCN(CCO)C(=O)c1cncc(C)c1.